The standard InChI is InChI=1S/C11H11F6NO3/c1-3-4-5-6(9(19)20-2)21-8(18-5)7(10(12,13)14)11(15,16)17/h7H,3-4H2,1-2H3. The third kappa shape index (κ3) is 3.88. The van der Waals surface area contributed by atoms with Gasteiger partial charge in [0.1, 0.15) is 0 Å². The van der Waals surface area contributed by atoms with Crippen LogP contribution in [0.15, 0.2) is 4.42 Å². The molecule has 10 heteroatoms. The van der Waals surface area contributed by atoms with Gasteiger partial charge in [-0.2, -0.15) is 26.3 Å². The van der Waals surface area contributed by atoms with Crippen molar-refractivity contribution >= 4 is 5.97 Å². The van der Waals surface area contributed by atoms with E-state index in [9.17, 15) is 31.1 Å². The number of aromatic nitrogens is 1. The van der Waals surface area contributed by atoms with E-state index in [1.54, 1.807) is 6.92 Å². The summed E-state index contributed by atoms with van der Waals surface area (Å²) < 4.78 is 84.1. The molecule has 1 aromatic rings. The van der Waals surface area contributed by atoms with Gasteiger partial charge in [0.15, 0.2) is 0 Å². The Kier molecular flexibility index (Phi) is 4.90. The van der Waals surface area contributed by atoms with Crippen LogP contribution in [0.25, 0.3) is 0 Å². The lowest BCUT2D eigenvalue weighted by atomic mass is 10.1. The molecular formula is C11H11F6NO3. The van der Waals surface area contributed by atoms with E-state index >= 15 is 0 Å². The van der Waals surface area contributed by atoms with Crippen LogP contribution in [0.5, 0.6) is 0 Å². The highest BCUT2D eigenvalue weighted by atomic mass is 19.4. The number of carbonyl (C=O) groups is 1. The number of aryl methyl sites for hydroxylation is 1. The maximum atomic E-state index is 12.6. The van der Waals surface area contributed by atoms with Gasteiger partial charge in [-0.25, -0.2) is 9.78 Å². The largest absolute Gasteiger partial charge is 0.463 e. The Morgan fingerprint density at radius 2 is 1.76 bits per heavy atom. The molecule has 0 aliphatic carbocycles. The van der Waals surface area contributed by atoms with E-state index in [-0.39, 0.29) is 12.1 Å². The molecule has 0 saturated heterocycles. The van der Waals surface area contributed by atoms with Crippen LogP contribution in [0.2, 0.25) is 0 Å². The predicted octanol–water partition coefficient (Wildman–Crippen LogP) is 3.62. The minimum Gasteiger partial charge on any atom is -0.463 e. The lowest BCUT2D eigenvalue weighted by molar-refractivity contribution is -0.258. The zero-order valence-electron chi connectivity index (χ0n) is 10.9. The first-order chi connectivity index (χ1) is 9.52. The molecule has 1 rings (SSSR count). The number of rotatable bonds is 4. The summed E-state index contributed by atoms with van der Waals surface area (Å²) in [6, 6.07) is 0. The zero-order valence-corrected chi connectivity index (χ0v) is 10.9. The lowest BCUT2D eigenvalue weighted by Crippen LogP contribution is -2.34. The SMILES string of the molecule is CCCc1nc(C(C(F)(F)F)C(F)(F)F)oc1C(=O)OC. The Balaban J connectivity index is 3.37. The Hall–Kier alpha value is -1.74. The van der Waals surface area contributed by atoms with Crippen LogP contribution in [-0.2, 0) is 11.2 Å². The molecule has 0 bridgehead atoms. The van der Waals surface area contributed by atoms with E-state index in [1.165, 1.54) is 0 Å². The van der Waals surface area contributed by atoms with E-state index in [4.69, 9.17) is 0 Å². The van der Waals surface area contributed by atoms with Gasteiger partial charge in [0.05, 0.1) is 12.8 Å². The van der Waals surface area contributed by atoms with Gasteiger partial charge in [0, 0.05) is 0 Å². The number of methoxy groups -OCH3 is 1. The molecule has 0 saturated carbocycles. The molecule has 0 aromatic carbocycles. The van der Waals surface area contributed by atoms with E-state index < -0.39 is 35.9 Å². The molecule has 0 N–H and O–H groups in total. The summed E-state index contributed by atoms with van der Waals surface area (Å²) in [7, 11) is 0.922. The Morgan fingerprint density at radius 3 is 2.14 bits per heavy atom. The fourth-order valence-corrected chi connectivity index (χ4v) is 1.62. The van der Waals surface area contributed by atoms with Gasteiger partial charge in [-0.1, -0.05) is 13.3 Å². The highest BCUT2D eigenvalue weighted by Crippen LogP contribution is 2.46. The maximum absolute atomic E-state index is 12.6. The first kappa shape index (κ1) is 17.3. The van der Waals surface area contributed by atoms with Crippen LogP contribution in [-0.4, -0.2) is 30.4 Å². The number of esters is 1. The second-order valence-electron chi connectivity index (χ2n) is 4.09. The third-order valence-corrected chi connectivity index (χ3v) is 2.47. The molecule has 0 radical (unpaired) electrons. The quantitative estimate of drug-likeness (QED) is 0.628. The summed E-state index contributed by atoms with van der Waals surface area (Å²) in [4.78, 5) is 14.5. The highest BCUT2D eigenvalue weighted by Gasteiger charge is 2.60. The molecule has 120 valence electrons. The number of halogens is 6. The zero-order chi connectivity index (χ0) is 16.4. The van der Waals surface area contributed by atoms with Crippen molar-refractivity contribution in [3.63, 3.8) is 0 Å². The van der Waals surface area contributed by atoms with E-state index in [0.29, 0.717) is 6.42 Å². The molecule has 0 amide bonds. The van der Waals surface area contributed by atoms with Crippen molar-refractivity contribution in [3.8, 4) is 0 Å². The topological polar surface area (TPSA) is 52.3 Å². The molecule has 0 aliphatic rings. The molecule has 0 spiro atoms. The third-order valence-electron chi connectivity index (χ3n) is 2.47. The second kappa shape index (κ2) is 5.94. The molecular weight excluding hydrogens is 308 g/mol. The number of carbonyl (C=O) groups excluding carboxylic acids is 1. The fourth-order valence-electron chi connectivity index (χ4n) is 1.62. The van der Waals surface area contributed by atoms with Crippen molar-refractivity contribution in [3.05, 3.63) is 17.3 Å². The number of alkyl halides is 6. The average molecular weight is 319 g/mol. The number of nitrogens with zero attached hydrogens (tertiary/aromatic N) is 1. The van der Waals surface area contributed by atoms with Crippen molar-refractivity contribution in [2.75, 3.05) is 7.11 Å². The smallest absolute Gasteiger partial charge is 0.409 e. The van der Waals surface area contributed by atoms with Crippen molar-refractivity contribution in [2.24, 2.45) is 0 Å². The van der Waals surface area contributed by atoms with Crippen molar-refractivity contribution in [2.45, 2.75) is 38.0 Å². The minimum absolute atomic E-state index is 0.0175. The van der Waals surface area contributed by atoms with Crippen molar-refractivity contribution < 1.29 is 40.3 Å². The number of hydrogen-bond donors (Lipinski definition) is 0. The van der Waals surface area contributed by atoms with Crippen LogP contribution in [0.1, 0.15) is 41.4 Å². The monoisotopic (exact) mass is 319 g/mol. The highest BCUT2D eigenvalue weighted by molar-refractivity contribution is 5.87. The number of hydrogen-bond acceptors (Lipinski definition) is 4. The molecule has 0 unspecified atom stereocenters. The summed E-state index contributed by atoms with van der Waals surface area (Å²) >= 11 is 0. The molecule has 1 aromatic heterocycles. The average Bonchev–Trinajstić information content (AvgIpc) is 2.68. The fraction of sp³-hybridized carbons (Fsp3) is 0.636. The molecule has 0 aliphatic heterocycles. The van der Waals surface area contributed by atoms with Gasteiger partial charge in [0.25, 0.3) is 0 Å². The lowest BCUT2D eigenvalue weighted by Gasteiger charge is -2.19. The Labute approximate surface area is 115 Å². The summed E-state index contributed by atoms with van der Waals surface area (Å²) in [5.74, 6) is -7.42. The van der Waals surface area contributed by atoms with Crippen LogP contribution in [0.3, 0.4) is 0 Å². The second-order valence-corrected chi connectivity index (χ2v) is 4.09. The number of ether oxygens (including phenoxy) is 1. The molecule has 0 atom stereocenters. The van der Waals surface area contributed by atoms with Gasteiger partial charge >= 0.3 is 18.3 Å². The van der Waals surface area contributed by atoms with Crippen molar-refractivity contribution in [1.82, 2.24) is 4.98 Å². The summed E-state index contributed by atoms with van der Waals surface area (Å²) in [6.07, 6.45) is -10.9. The van der Waals surface area contributed by atoms with Gasteiger partial charge < -0.3 is 9.15 Å². The van der Waals surface area contributed by atoms with E-state index in [2.05, 4.69) is 14.1 Å². The predicted molar refractivity (Wildman–Crippen MR) is 56.7 cm³/mol. The van der Waals surface area contributed by atoms with Gasteiger partial charge in [0.2, 0.25) is 17.6 Å². The van der Waals surface area contributed by atoms with Crippen LogP contribution >= 0.6 is 0 Å². The van der Waals surface area contributed by atoms with Crippen LogP contribution in [0, 0.1) is 0 Å². The molecule has 1 heterocycles. The van der Waals surface area contributed by atoms with E-state index in [0.717, 1.165) is 7.11 Å². The molecule has 4 nitrogen and oxygen atoms in total. The number of oxazole rings is 1. The van der Waals surface area contributed by atoms with Crippen LogP contribution in [0.4, 0.5) is 26.3 Å². The first-order valence-corrected chi connectivity index (χ1v) is 5.73. The van der Waals surface area contributed by atoms with Gasteiger partial charge in [-0.3, -0.25) is 0 Å². The Bertz CT molecular complexity index is 491. The van der Waals surface area contributed by atoms with Gasteiger partial charge in [-0.15, -0.1) is 0 Å². The normalized spacial score (nSPS) is 12.8. The Morgan fingerprint density at radius 1 is 1.24 bits per heavy atom. The summed E-state index contributed by atoms with van der Waals surface area (Å²) in [5, 5.41) is 0. The summed E-state index contributed by atoms with van der Waals surface area (Å²) in [6.45, 7) is 1.61. The van der Waals surface area contributed by atoms with Crippen LogP contribution < -0.4 is 0 Å². The minimum atomic E-state index is -5.64. The molecule has 21 heavy (non-hydrogen) atoms. The summed E-state index contributed by atoms with van der Waals surface area (Å²) in [5.41, 5.74) is -0.294. The first-order valence-electron chi connectivity index (χ1n) is 5.73. The maximum Gasteiger partial charge on any atom is 0.409 e. The van der Waals surface area contributed by atoms with Crippen molar-refractivity contribution in [1.29, 1.82) is 0 Å². The van der Waals surface area contributed by atoms with Gasteiger partial charge in [-0.05, 0) is 6.42 Å². The molecule has 0 fully saturated rings. The van der Waals surface area contributed by atoms with E-state index in [1.807, 2.05) is 0 Å².